The Morgan fingerprint density at radius 1 is 1.13 bits per heavy atom. The molecule has 0 N–H and O–H groups in total. The SMILES string of the molecule is CN(C)c1ccc(/C=C(/C#N)C(=O)OCC(=O)N2CCN(c3ccccn3)CC2)cc1. The van der Waals surface area contributed by atoms with Gasteiger partial charge in [0.05, 0.1) is 0 Å². The third-order valence-electron chi connectivity index (χ3n) is 4.99. The molecule has 1 aromatic carbocycles. The molecule has 2 heterocycles. The van der Waals surface area contributed by atoms with E-state index in [1.165, 1.54) is 6.08 Å². The molecule has 1 amide bonds. The Balaban J connectivity index is 1.51. The van der Waals surface area contributed by atoms with Gasteiger partial charge in [-0.3, -0.25) is 4.79 Å². The quantitative estimate of drug-likeness (QED) is 0.402. The molecule has 0 bridgehead atoms. The van der Waals surface area contributed by atoms with E-state index in [4.69, 9.17) is 4.74 Å². The van der Waals surface area contributed by atoms with Crippen LogP contribution in [0.1, 0.15) is 5.56 Å². The second-order valence-corrected chi connectivity index (χ2v) is 7.29. The van der Waals surface area contributed by atoms with Crippen molar-refractivity contribution in [3.63, 3.8) is 0 Å². The predicted molar refractivity (Wildman–Crippen MR) is 118 cm³/mol. The van der Waals surface area contributed by atoms with Gasteiger partial charge in [-0.2, -0.15) is 5.26 Å². The van der Waals surface area contributed by atoms with Crippen molar-refractivity contribution in [3.8, 4) is 6.07 Å². The summed E-state index contributed by atoms with van der Waals surface area (Å²) in [6.45, 7) is 1.96. The first-order valence-corrected chi connectivity index (χ1v) is 9.98. The highest BCUT2D eigenvalue weighted by Gasteiger charge is 2.23. The normalized spacial score (nSPS) is 14.0. The van der Waals surface area contributed by atoms with Crippen molar-refractivity contribution in [2.24, 2.45) is 0 Å². The molecular weight excluding hydrogens is 394 g/mol. The van der Waals surface area contributed by atoms with Crippen molar-refractivity contribution < 1.29 is 14.3 Å². The average Bonchev–Trinajstić information content (AvgIpc) is 2.81. The lowest BCUT2D eigenvalue weighted by molar-refractivity contribution is -0.148. The number of nitrogens with zero attached hydrogens (tertiary/aromatic N) is 5. The van der Waals surface area contributed by atoms with Crippen molar-refractivity contribution in [3.05, 3.63) is 59.8 Å². The number of hydrogen-bond acceptors (Lipinski definition) is 7. The van der Waals surface area contributed by atoms with E-state index in [-0.39, 0.29) is 18.1 Å². The fourth-order valence-corrected chi connectivity index (χ4v) is 3.19. The van der Waals surface area contributed by atoms with E-state index in [0.717, 1.165) is 11.5 Å². The standard InChI is InChI=1S/C23H25N5O3/c1-26(2)20-8-6-18(7-9-20)15-19(16-24)23(30)31-17-22(29)28-13-11-27(12-14-28)21-5-3-4-10-25-21/h3-10,15H,11-14,17H2,1-2H3/b19-15-. The van der Waals surface area contributed by atoms with Crippen LogP contribution in [0.4, 0.5) is 11.5 Å². The maximum Gasteiger partial charge on any atom is 0.349 e. The molecule has 0 aliphatic carbocycles. The number of anilines is 2. The van der Waals surface area contributed by atoms with E-state index in [1.807, 2.05) is 67.5 Å². The third kappa shape index (κ3) is 5.82. The third-order valence-corrected chi connectivity index (χ3v) is 4.99. The number of ether oxygens (including phenoxy) is 1. The number of aromatic nitrogens is 1. The highest BCUT2D eigenvalue weighted by molar-refractivity contribution is 5.98. The lowest BCUT2D eigenvalue weighted by atomic mass is 10.1. The summed E-state index contributed by atoms with van der Waals surface area (Å²) in [5, 5.41) is 9.32. The first-order valence-electron chi connectivity index (χ1n) is 9.98. The summed E-state index contributed by atoms with van der Waals surface area (Å²) in [6, 6.07) is 15.0. The fraction of sp³-hybridized carbons (Fsp3) is 0.304. The number of piperazine rings is 1. The number of carbonyl (C=O) groups excluding carboxylic acids is 2. The molecule has 3 rings (SSSR count). The van der Waals surface area contributed by atoms with Gasteiger partial charge in [0.2, 0.25) is 0 Å². The van der Waals surface area contributed by atoms with Crippen LogP contribution in [0.15, 0.2) is 54.2 Å². The molecule has 160 valence electrons. The minimum atomic E-state index is -0.806. The number of carbonyl (C=O) groups is 2. The van der Waals surface area contributed by atoms with Gasteiger partial charge in [-0.25, -0.2) is 9.78 Å². The van der Waals surface area contributed by atoms with Gasteiger partial charge in [0.25, 0.3) is 5.91 Å². The molecule has 1 aromatic heterocycles. The number of esters is 1. The van der Waals surface area contributed by atoms with E-state index >= 15 is 0 Å². The topological polar surface area (TPSA) is 89.8 Å². The number of nitriles is 1. The van der Waals surface area contributed by atoms with Gasteiger partial charge in [-0.05, 0) is 35.9 Å². The molecular formula is C23H25N5O3. The molecule has 1 aliphatic rings. The summed E-state index contributed by atoms with van der Waals surface area (Å²) < 4.78 is 5.10. The van der Waals surface area contributed by atoms with Crippen LogP contribution >= 0.6 is 0 Å². The monoisotopic (exact) mass is 419 g/mol. The van der Waals surface area contributed by atoms with Gasteiger partial charge >= 0.3 is 5.97 Å². The van der Waals surface area contributed by atoms with E-state index < -0.39 is 5.97 Å². The van der Waals surface area contributed by atoms with Gasteiger partial charge in [-0.15, -0.1) is 0 Å². The highest BCUT2D eigenvalue weighted by atomic mass is 16.5. The van der Waals surface area contributed by atoms with Crippen LogP contribution in [-0.4, -0.2) is 68.6 Å². The minimum Gasteiger partial charge on any atom is -0.451 e. The molecule has 1 saturated heterocycles. The number of benzene rings is 1. The van der Waals surface area contributed by atoms with Crippen molar-refractivity contribution in [1.29, 1.82) is 5.26 Å². The Bertz CT molecular complexity index is 973. The Hall–Kier alpha value is -3.86. The summed E-state index contributed by atoms with van der Waals surface area (Å²) in [5.41, 5.74) is 1.56. The molecule has 1 fully saturated rings. The van der Waals surface area contributed by atoms with Crippen molar-refractivity contribution in [1.82, 2.24) is 9.88 Å². The Labute approximate surface area is 182 Å². The zero-order valence-corrected chi connectivity index (χ0v) is 17.7. The van der Waals surface area contributed by atoms with E-state index in [0.29, 0.717) is 31.7 Å². The number of amides is 1. The first-order chi connectivity index (χ1) is 15.0. The van der Waals surface area contributed by atoms with Gasteiger partial charge < -0.3 is 19.4 Å². The molecule has 0 saturated carbocycles. The van der Waals surface area contributed by atoms with E-state index in [9.17, 15) is 14.9 Å². The van der Waals surface area contributed by atoms with E-state index in [2.05, 4.69) is 9.88 Å². The van der Waals surface area contributed by atoms with Crippen LogP contribution in [0.25, 0.3) is 6.08 Å². The zero-order chi connectivity index (χ0) is 22.2. The van der Waals surface area contributed by atoms with Crippen LogP contribution in [0.5, 0.6) is 0 Å². The van der Waals surface area contributed by atoms with Crippen molar-refractivity contribution in [2.75, 3.05) is 56.7 Å². The van der Waals surface area contributed by atoms with Gasteiger partial charge in [0.15, 0.2) is 6.61 Å². The van der Waals surface area contributed by atoms with Crippen molar-refractivity contribution >= 4 is 29.5 Å². The first kappa shape index (κ1) is 21.8. The molecule has 0 spiro atoms. The van der Waals surface area contributed by atoms with Gasteiger partial charge in [-0.1, -0.05) is 18.2 Å². The smallest absolute Gasteiger partial charge is 0.349 e. The fourth-order valence-electron chi connectivity index (χ4n) is 3.19. The largest absolute Gasteiger partial charge is 0.451 e. The highest BCUT2D eigenvalue weighted by Crippen LogP contribution is 2.15. The predicted octanol–water partition coefficient (Wildman–Crippen LogP) is 1.95. The van der Waals surface area contributed by atoms with Gasteiger partial charge in [0.1, 0.15) is 17.5 Å². The number of pyridine rings is 1. The van der Waals surface area contributed by atoms with Crippen LogP contribution in [0.2, 0.25) is 0 Å². The molecule has 0 radical (unpaired) electrons. The van der Waals surface area contributed by atoms with E-state index in [1.54, 1.807) is 11.1 Å². The number of rotatable bonds is 6. The summed E-state index contributed by atoms with van der Waals surface area (Å²) >= 11 is 0. The molecule has 8 heteroatoms. The second kappa shape index (κ2) is 10.3. The summed E-state index contributed by atoms with van der Waals surface area (Å²) in [4.78, 5) is 34.7. The minimum absolute atomic E-state index is 0.148. The maximum absolute atomic E-state index is 12.4. The summed E-state index contributed by atoms with van der Waals surface area (Å²) in [6.07, 6.45) is 3.20. The van der Waals surface area contributed by atoms with Crippen LogP contribution in [0.3, 0.4) is 0 Å². The molecule has 31 heavy (non-hydrogen) atoms. The number of hydrogen-bond donors (Lipinski definition) is 0. The Kier molecular flexibility index (Phi) is 7.22. The molecule has 1 aliphatic heterocycles. The van der Waals surface area contributed by atoms with Crippen LogP contribution in [-0.2, 0) is 14.3 Å². The van der Waals surface area contributed by atoms with Crippen molar-refractivity contribution in [2.45, 2.75) is 0 Å². The van der Waals surface area contributed by atoms with Crippen LogP contribution in [0, 0.1) is 11.3 Å². The van der Waals surface area contributed by atoms with Crippen LogP contribution < -0.4 is 9.80 Å². The molecule has 2 aromatic rings. The Morgan fingerprint density at radius 3 is 2.42 bits per heavy atom. The Morgan fingerprint density at radius 2 is 1.84 bits per heavy atom. The summed E-state index contributed by atoms with van der Waals surface area (Å²) in [7, 11) is 3.86. The van der Waals surface area contributed by atoms with Gasteiger partial charge in [0, 0.05) is 52.2 Å². The zero-order valence-electron chi connectivity index (χ0n) is 17.7. The molecule has 0 unspecified atom stereocenters. The average molecular weight is 419 g/mol. The molecule has 8 nitrogen and oxygen atoms in total. The second-order valence-electron chi connectivity index (χ2n) is 7.29. The maximum atomic E-state index is 12.4. The lowest BCUT2D eigenvalue weighted by Gasteiger charge is -2.35. The summed E-state index contributed by atoms with van der Waals surface area (Å²) in [5.74, 6) is -0.204. The molecule has 0 atom stereocenters. The lowest BCUT2D eigenvalue weighted by Crippen LogP contribution is -2.50.